The van der Waals surface area contributed by atoms with Crippen LogP contribution in [0, 0.1) is 5.41 Å². The molecule has 1 aromatic rings. The van der Waals surface area contributed by atoms with E-state index in [1.165, 1.54) is 12.1 Å². The van der Waals surface area contributed by atoms with Crippen molar-refractivity contribution in [2.45, 2.75) is 27.2 Å². The van der Waals surface area contributed by atoms with E-state index in [-0.39, 0.29) is 17.4 Å². The number of aromatic hydroxyl groups is 2. The van der Waals surface area contributed by atoms with Crippen LogP contribution in [0.1, 0.15) is 32.8 Å². The molecule has 0 atom stereocenters. The molecule has 1 amide bonds. The van der Waals surface area contributed by atoms with Gasteiger partial charge in [0, 0.05) is 23.5 Å². The fraction of sp³-hybridized carbons (Fsp3) is 0.333. The standard InChI is InChI=1S/C15H18N2O3/c1-15(2,3)14(20)17-13-7-6-11(16-13)10-5-4-9(18)8-12(10)19/h4-6,8,18-19H,7H2,1-3H3,(H,16,17,20). The predicted molar refractivity (Wildman–Crippen MR) is 77.4 cm³/mol. The average Bonchev–Trinajstić information content (AvgIpc) is 2.76. The first kappa shape index (κ1) is 14.1. The monoisotopic (exact) mass is 274 g/mol. The van der Waals surface area contributed by atoms with E-state index in [1.54, 1.807) is 6.07 Å². The molecule has 0 unspecified atom stereocenters. The van der Waals surface area contributed by atoms with Crippen molar-refractivity contribution in [1.82, 2.24) is 5.32 Å². The molecule has 0 radical (unpaired) electrons. The van der Waals surface area contributed by atoms with Gasteiger partial charge in [-0.15, -0.1) is 0 Å². The highest BCUT2D eigenvalue weighted by atomic mass is 16.3. The smallest absolute Gasteiger partial charge is 0.230 e. The molecule has 0 bridgehead atoms. The Bertz CT molecular complexity index is 610. The van der Waals surface area contributed by atoms with Crippen molar-refractivity contribution in [3.63, 3.8) is 0 Å². The molecule has 5 heteroatoms. The molecule has 1 aliphatic rings. The molecule has 2 rings (SSSR count). The zero-order valence-electron chi connectivity index (χ0n) is 11.8. The summed E-state index contributed by atoms with van der Waals surface area (Å²) in [5, 5.41) is 21.8. The Hall–Kier alpha value is -2.30. The van der Waals surface area contributed by atoms with Crippen LogP contribution >= 0.6 is 0 Å². The number of carbonyl (C=O) groups is 1. The number of hydrogen-bond acceptors (Lipinski definition) is 4. The van der Waals surface area contributed by atoms with Gasteiger partial charge in [-0.3, -0.25) is 4.79 Å². The molecule has 3 N–H and O–H groups in total. The Morgan fingerprint density at radius 3 is 2.60 bits per heavy atom. The van der Waals surface area contributed by atoms with Crippen molar-refractivity contribution in [3.05, 3.63) is 29.8 Å². The van der Waals surface area contributed by atoms with E-state index in [2.05, 4.69) is 10.3 Å². The summed E-state index contributed by atoms with van der Waals surface area (Å²) in [7, 11) is 0. The minimum Gasteiger partial charge on any atom is -0.508 e. The maximum Gasteiger partial charge on any atom is 0.230 e. The van der Waals surface area contributed by atoms with Gasteiger partial charge in [0.1, 0.15) is 17.3 Å². The van der Waals surface area contributed by atoms with Crippen molar-refractivity contribution >= 4 is 17.4 Å². The van der Waals surface area contributed by atoms with Crippen molar-refractivity contribution in [2.24, 2.45) is 10.4 Å². The fourth-order valence-corrected chi connectivity index (χ4v) is 1.73. The molecule has 20 heavy (non-hydrogen) atoms. The van der Waals surface area contributed by atoms with Crippen molar-refractivity contribution in [2.75, 3.05) is 0 Å². The van der Waals surface area contributed by atoms with Gasteiger partial charge in [0.15, 0.2) is 0 Å². The summed E-state index contributed by atoms with van der Waals surface area (Å²) in [5.74, 6) is 0.423. The second-order valence-corrected chi connectivity index (χ2v) is 5.76. The highest BCUT2D eigenvalue weighted by molar-refractivity contribution is 6.05. The van der Waals surface area contributed by atoms with E-state index in [9.17, 15) is 15.0 Å². The lowest BCUT2D eigenvalue weighted by molar-refractivity contribution is -0.126. The van der Waals surface area contributed by atoms with Gasteiger partial charge in [-0.1, -0.05) is 26.8 Å². The second kappa shape index (κ2) is 5.00. The van der Waals surface area contributed by atoms with Crippen LogP contribution in [0.3, 0.4) is 0 Å². The molecule has 5 nitrogen and oxygen atoms in total. The number of carbonyl (C=O) groups excluding carboxylic acids is 1. The van der Waals surface area contributed by atoms with E-state index in [4.69, 9.17) is 0 Å². The number of amides is 1. The van der Waals surface area contributed by atoms with Gasteiger partial charge in [0.2, 0.25) is 5.91 Å². The number of phenols is 2. The van der Waals surface area contributed by atoms with Gasteiger partial charge in [0.25, 0.3) is 0 Å². The van der Waals surface area contributed by atoms with E-state index in [0.717, 1.165) is 0 Å². The summed E-state index contributed by atoms with van der Waals surface area (Å²) in [5.41, 5.74) is 0.640. The van der Waals surface area contributed by atoms with Crippen molar-refractivity contribution < 1.29 is 15.0 Å². The topological polar surface area (TPSA) is 81.9 Å². The summed E-state index contributed by atoms with van der Waals surface area (Å²) < 4.78 is 0. The number of aliphatic imine (C=N–C) groups is 1. The zero-order chi connectivity index (χ0) is 14.9. The third kappa shape index (κ3) is 2.99. The van der Waals surface area contributed by atoms with Gasteiger partial charge in [-0.2, -0.15) is 0 Å². The van der Waals surface area contributed by atoms with Crippen LogP contribution in [0.25, 0.3) is 5.70 Å². The SMILES string of the molecule is CC(C)(C)C(=O)NC1=NC(c2ccc(O)cc2O)=CC1. The lowest BCUT2D eigenvalue weighted by Gasteiger charge is -2.17. The van der Waals surface area contributed by atoms with Gasteiger partial charge >= 0.3 is 0 Å². The summed E-state index contributed by atoms with van der Waals surface area (Å²) >= 11 is 0. The van der Waals surface area contributed by atoms with Crippen LogP contribution in [-0.2, 0) is 4.79 Å². The number of benzene rings is 1. The molecule has 0 aliphatic carbocycles. The van der Waals surface area contributed by atoms with E-state index < -0.39 is 5.41 Å². The molecule has 0 saturated heterocycles. The van der Waals surface area contributed by atoms with Crippen LogP contribution in [0.5, 0.6) is 11.5 Å². The maximum absolute atomic E-state index is 11.9. The Morgan fingerprint density at radius 2 is 2.00 bits per heavy atom. The predicted octanol–water partition coefficient (Wildman–Crippen LogP) is 2.40. The lowest BCUT2D eigenvalue weighted by Crippen LogP contribution is -2.38. The van der Waals surface area contributed by atoms with Crippen molar-refractivity contribution in [3.8, 4) is 11.5 Å². The molecule has 106 valence electrons. The third-order valence-electron chi connectivity index (χ3n) is 2.94. The second-order valence-electron chi connectivity index (χ2n) is 5.76. The first-order valence-electron chi connectivity index (χ1n) is 6.39. The molecule has 0 spiro atoms. The van der Waals surface area contributed by atoms with Crippen LogP contribution in [0.4, 0.5) is 0 Å². The molecular weight excluding hydrogens is 256 g/mol. The first-order valence-corrected chi connectivity index (χ1v) is 6.39. The number of nitrogens with one attached hydrogen (secondary N) is 1. The fourth-order valence-electron chi connectivity index (χ4n) is 1.73. The van der Waals surface area contributed by atoms with Crippen LogP contribution in [0.2, 0.25) is 0 Å². The summed E-state index contributed by atoms with van der Waals surface area (Å²) in [6.07, 6.45) is 2.34. The first-order chi connectivity index (χ1) is 9.27. The van der Waals surface area contributed by atoms with Gasteiger partial charge in [-0.25, -0.2) is 4.99 Å². The minimum absolute atomic E-state index is 0.00455. The minimum atomic E-state index is -0.480. The largest absolute Gasteiger partial charge is 0.508 e. The Labute approximate surface area is 117 Å². The highest BCUT2D eigenvalue weighted by Gasteiger charge is 2.23. The zero-order valence-corrected chi connectivity index (χ0v) is 11.8. The number of phenolic OH excluding ortho intramolecular Hbond substituents is 2. The Kier molecular flexibility index (Phi) is 3.53. The van der Waals surface area contributed by atoms with Gasteiger partial charge in [-0.05, 0) is 12.1 Å². The molecule has 1 aromatic carbocycles. The molecule has 1 aliphatic heterocycles. The molecular formula is C15H18N2O3. The summed E-state index contributed by atoms with van der Waals surface area (Å²) in [6, 6.07) is 4.34. The van der Waals surface area contributed by atoms with E-state index in [0.29, 0.717) is 23.5 Å². The lowest BCUT2D eigenvalue weighted by atomic mass is 9.96. The van der Waals surface area contributed by atoms with E-state index >= 15 is 0 Å². The van der Waals surface area contributed by atoms with E-state index in [1.807, 2.05) is 26.8 Å². The molecule has 0 saturated carbocycles. The van der Waals surface area contributed by atoms with Crippen LogP contribution in [0.15, 0.2) is 29.3 Å². The van der Waals surface area contributed by atoms with Crippen molar-refractivity contribution in [1.29, 1.82) is 0 Å². The number of hydrogen-bond donors (Lipinski definition) is 3. The average molecular weight is 274 g/mol. The van der Waals surface area contributed by atoms with Crippen LogP contribution in [-0.4, -0.2) is 22.0 Å². The molecule has 1 heterocycles. The third-order valence-corrected chi connectivity index (χ3v) is 2.94. The van der Waals surface area contributed by atoms with Gasteiger partial charge < -0.3 is 15.5 Å². The molecule has 0 fully saturated rings. The Balaban J connectivity index is 2.15. The normalized spacial score (nSPS) is 14.8. The maximum atomic E-state index is 11.9. The number of rotatable bonds is 1. The summed E-state index contributed by atoms with van der Waals surface area (Å²) in [6.45, 7) is 5.49. The Morgan fingerprint density at radius 1 is 1.30 bits per heavy atom. The summed E-state index contributed by atoms with van der Waals surface area (Å²) in [4.78, 5) is 16.2. The van der Waals surface area contributed by atoms with Crippen LogP contribution < -0.4 is 5.32 Å². The van der Waals surface area contributed by atoms with Gasteiger partial charge in [0.05, 0.1) is 5.70 Å². The highest BCUT2D eigenvalue weighted by Crippen LogP contribution is 2.31. The number of amidine groups is 1. The quantitative estimate of drug-likeness (QED) is 0.735. The number of nitrogens with zero attached hydrogens (tertiary/aromatic N) is 1. The molecule has 0 aromatic heterocycles.